The number of amides is 2. The van der Waals surface area contributed by atoms with Crippen LogP contribution in [0, 0.1) is 11.6 Å². The van der Waals surface area contributed by atoms with E-state index in [1.165, 1.54) is 12.4 Å². The summed E-state index contributed by atoms with van der Waals surface area (Å²) in [6.07, 6.45) is 1.51. The fourth-order valence-corrected chi connectivity index (χ4v) is 3.21. The van der Waals surface area contributed by atoms with Gasteiger partial charge in [-0.15, -0.1) is 10.2 Å². The van der Waals surface area contributed by atoms with Crippen LogP contribution in [0.1, 0.15) is 0 Å². The highest BCUT2D eigenvalue weighted by molar-refractivity contribution is 7.99. The van der Waals surface area contributed by atoms with Crippen molar-refractivity contribution in [2.45, 2.75) is 5.16 Å². The number of benzene rings is 2. The Kier molecular flexibility index (Phi) is 6.96. The largest absolute Gasteiger partial charge is 0.495 e. The molecule has 3 aromatic rings. The van der Waals surface area contributed by atoms with Crippen molar-refractivity contribution in [3.63, 3.8) is 0 Å². The molecule has 0 aliphatic rings. The zero-order chi connectivity index (χ0) is 21.5. The number of carbonyl (C=O) groups is 2. The molecule has 0 atom stereocenters. The van der Waals surface area contributed by atoms with Gasteiger partial charge in [0.15, 0.2) is 16.8 Å². The number of methoxy groups -OCH3 is 1. The molecule has 0 aliphatic heterocycles. The maximum atomic E-state index is 13.2. The third-order valence-electron chi connectivity index (χ3n) is 3.84. The van der Waals surface area contributed by atoms with Crippen LogP contribution in [0.15, 0.2) is 53.9 Å². The standard InChI is InChI=1S/C19H17F2N5O3S/c1-29-16-5-3-2-4-15(16)26-11-23-25-19(26)30-10-18(28)22-9-17(27)24-12-6-7-13(20)14(21)8-12/h2-8,11H,9-10H2,1H3,(H,22,28)(H,24,27). The molecular weight excluding hydrogens is 416 g/mol. The maximum absolute atomic E-state index is 13.2. The molecule has 0 bridgehead atoms. The third-order valence-corrected chi connectivity index (χ3v) is 4.79. The van der Waals surface area contributed by atoms with Gasteiger partial charge in [-0.05, 0) is 24.3 Å². The number of carbonyl (C=O) groups excluding carboxylic acids is 2. The van der Waals surface area contributed by atoms with Gasteiger partial charge in [0, 0.05) is 11.8 Å². The first-order chi connectivity index (χ1) is 14.5. The number of aromatic nitrogens is 3. The molecule has 11 heteroatoms. The van der Waals surface area contributed by atoms with E-state index in [2.05, 4.69) is 20.8 Å². The van der Waals surface area contributed by atoms with E-state index in [1.54, 1.807) is 17.7 Å². The van der Waals surface area contributed by atoms with E-state index < -0.39 is 23.4 Å². The Morgan fingerprint density at radius 1 is 1.13 bits per heavy atom. The zero-order valence-electron chi connectivity index (χ0n) is 15.8. The van der Waals surface area contributed by atoms with Gasteiger partial charge in [-0.1, -0.05) is 23.9 Å². The van der Waals surface area contributed by atoms with Crippen LogP contribution in [0.4, 0.5) is 14.5 Å². The fourth-order valence-electron chi connectivity index (χ4n) is 2.46. The molecule has 2 N–H and O–H groups in total. The Labute approximate surface area is 174 Å². The Balaban J connectivity index is 1.51. The minimum absolute atomic E-state index is 0.00764. The number of halogens is 2. The van der Waals surface area contributed by atoms with Crippen molar-refractivity contribution >= 4 is 29.3 Å². The summed E-state index contributed by atoms with van der Waals surface area (Å²) in [7, 11) is 1.55. The van der Waals surface area contributed by atoms with Crippen LogP contribution in [0.25, 0.3) is 5.69 Å². The summed E-state index contributed by atoms with van der Waals surface area (Å²) in [5.41, 5.74) is 0.811. The van der Waals surface area contributed by atoms with Gasteiger partial charge in [-0.2, -0.15) is 0 Å². The van der Waals surface area contributed by atoms with E-state index in [1.807, 2.05) is 18.2 Å². The van der Waals surface area contributed by atoms with Crippen LogP contribution in [-0.2, 0) is 9.59 Å². The lowest BCUT2D eigenvalue weighted by molar-refractivity contribution is -0.122. The molecule has 1 heterocycles. The molecule has 0 aliphatic carbocycles. The van der Waals surface area contributed by atoms with Crippen molar-refractivity contribution < 1.29 is 23.1 Å². The molecule has 2 amide bonds. The number of hydrogen-bond donors (Lipinski definition) is 2. The second-order valence-corrected chi connectivity index (χ2v) is 6.84. The zero-order valence-corrected chi connectivity index (χ0v) is 16.6. The van der Waals surface area contributed by atoms with Crippen molar-refractivity contribution in [1.82, 2.24) is 20.1 Å². The number of para-hydroxylation sites is 2. The van der Waals surface area contributed by atoms with Crippen LogP contribution >= 0.6 is 11.8 Å². The first-order valence-corrected chi connectivity index (χ1v) is 9.64. The van der Waals surface area contributed by atoms with Gasteiger partial charge in [0.05, 0.1) is 25.1 Å². The molecule has 0 fully saturated rings. The van der Waals surface area contributed by atoms with Gasteiger partial charge in [-0.25, -0.2) is 8.78 Å². The van der Waals surface area contributed by atoms with Gasteiger partial charge < -0.3 is 15.4 Å². The minimum atomic E-state index is -1.08. The van der Waals surface area contributed by atoms with Gasteiger partial charge in [-0.3, -0.25) is 14.2 Å². The van der Waals surface area contributed by atoms with E-state index in [0.717, 1.165) is 29.6 Å². The van der Waals surface area contributed by atoms with Crippen LogP contribution in [0.5, 0.6) is 5.75 Å². The molecule has 0 unspecified atom stereocenters. The van der Waals surface area contributed by atoms with Crippen LogP contribution in [0.2, 0.25) is 0 Å². The average molecular weight is 433 g/mol. The summed E-state index contributed by atoms with van der Waals surface area (Å²) in [5.74, 6) is -2.46. The van der Waals surface area contributed by atoms with Crippen LogP contribution in [-0.4, -0.2) is 46.0 Å². The lowest BCUT2D eigenvalue weighted by Gasteiger charge is -2.10. The highest BCUT2D eigenvalue weighted by Crippen LogP contribution is 2.26. The number of nitrogens with zero attached hydrogens (tertiary/aromatic N) is 3. The molecule has 8 nitrogen and oxygen atoms in total. The van der Waals surface area contributed by atoms with E-state index in [4.69, 9.17) is 4.74 Å². The average Bonchev–Trinajstić information content (AvgIpc) is 3.21. The Morgan fingerprint density at radius 3 is 2.70 bits per heavy atom. The summed E-state index contributed by atoms with van der Waals surface area (Å²) in [4.78, 5) is 23.9. The Morgan fingerprint density at radius 2 is 1.93 bits per heavy atom. The van der Waals surface area contributed by atoms with E-state index >= 15 is 0 Å². The number of thioether (sulfide) groups is 1. The Bertz CT molecular complexity index is 1060. The Hall–Kier alpha value is -3.47. The van der Waals surface area contributed by atoms with Gasteiger partial charge in [0.25, 0.3) is 0 Å². The van der Waals surface area contributed by atoms with Crippen LogP contribution in [0.3, 0.4) is 0 Å². The molecule has 0 saturated carbocycles. The summed E-state index contributed by atoms with van der Waals surface area (Å²) < 4.78 is 33.1. The number of nitrogens with one attached hydrogen (secondary N) is 2. The molecule has 1 aromatic heterocycles. The van der Waals surface area contributed by atoms with E-state index in [-0.39, 0.29) is 18.0 Å². The topological polar surface area (TPSA) is 98.1 Å². The number of hydrogen-bond acceptors (Lipinski definition) is 6. The van der Waals surface area contributed by atoms with Gasteiger partial charge in [0.2, 0.25) is 11.8 Å². The predicted octanol–water partition coefficient (Wildman–Crippen LogP) is 2.40. The van der Waals surface area contributed by atoms with Crippen molar-refractivity contribution in [1.29, 1.82) is 0 Å². The lowest BCUT2D eigenvalue weighted by Crippen LogP contribution is -2.34. The molecule has 156 valence electrons. The maximum Gasteiger partial charge on any atom is 0.243 e. The van der Waals surface area contributed by atoms with E-state index in [9.17, 15) is 18.4 Å². The molecule has 30 heavy (non-hydrogen) atoms. The molecule has 0 saturated heterocycles. The molecule has 0 radical (unpaired) electrons. The number of anilines is 1. The quantitative estimate of drug-likeness (QED) is 0.530. The molecular formula is C19H17F2N5O3S. The predicted molar refractivity (Wildman–Crippen MR) is 107 cm³/mol. The normalized spacial score (nSPS) is 10.5. The van der Waals surface area contributed by atoms with Crippen LogP contribution < -0.4 is 15.4 Å². The number of rotatable bonds is 8. The van der Waals surface area contributed by atoms with Crippen molar-refractivity contribution in [2.24, 2.45) is 0 Å². The highest BCUT2D eigenvalue weighted by Gasteiger charge is 2.14. The van der Waals surface area contributed by atoms with Crippen molar-refractivity contribution in [3.8, 4) is 11.4 Å². The summed E-state index contributed by atoms with van der Waals surface area (Å²) in [6.45, 7) is -0.322. The van der Waals surface area contributed by atoms with Crippen molar-refractivity contribution in [2.75, 3.05) is 24.7 Å². The van der Waals surface area contributed by atoms with Crippen molar-refractivity contribution in [3.05, 3.63) is 60.4 Å². The van der Waals surface area contributed by atoms with Gasteiger partial charge in [0.1, 0.15) is 12.1 Å². The van der Waals surface area contributed by atoms with E-state index in [0.29, 0.717) is 10.9 Å². The smallest absolute Gasteiger partial charge is 0.243 e. The fraction of sp³-hybridized carbons (Fsp3) is 0.158. The second kappa shape index (κ2) is 9.83. The summed E-state index contributed by atoms with van der Waals surface area (Å²) in [5, 5.41) is 13.2. The lowest BCUT2D eigenvalue weighted by atomic mass is 10.3. The molecule has 2 aromatic carbocycles. The molecule has 3 rings (SSSR count). The summed E-state index contributed by atoms with van der Waals surface area (Å²) in [6, 6.07) is 10.3. The summed E-state index contributed by atoms with van der Waals surface area (Å²) >= 11 is 1.13. The first-order valence-electron chi connectivity index (χ1n) is 8.65. The molecule has 0 spiro atoms. The first kappa shape index (κ1) is 21.2. The second-order valence-electron chi connectivity index (χ2n) is 5.90. The SMILES string of the molecule is COc1ccccc1-n1cnnc1SCC(=O)NCC(=O)Nc1ccc(F)c(F)c1. The third kappa shape index (κ3) is 5.32. The van der Waals surface area contributed by atoms with Gasteiger partial charge >= 0.3 is 0 Å². The monoisotopic (exact) mass is 433 g/mol. The minimum Gasteiger partial charge on any atom is -0.495 e. The highest BCUT2D eigenvalue weighted by atomic mass is 32.2. The number of ether oxygens (including phenoxy) is 1.